The Bertz CT molecular complexity index is 486. The van der Waals surface area contributed by atoms with Crippen LogP contribution in [0.1, 0.15) is 79.1 Å². The fourth-order valence-corrected chi connectivity index (χ4v) is 4.13. The Labute approximate surface area is 163 Å². The van der Waals surface area contributed by atoms with E-state index in [-0.39, 0.29) is 18.9 Å². The Hall–Kier alpha value is -0.630. The van der Waals surface area contributed by atoms with Gasteiger partial charge in [0.05, 0.1) is 28.3 Å². The highest BCUT2D eigenvalue weighted by Gasteiger charge is 2.50. The first-order chi connectivity index (χ1) is 12.5. The average molecular weight is 414 g/mol. The van der Waals surface area contributed by atoms with Crippen LogP contribution in [0, 0.1) is 11.8 Å². The number of rotatable bonds is 9. The van der Waals surface area contributed by atoms with Gasteiger partial charge in [0.25, 0.3) is 0 Å². The molecular formula is C19H34F3NO3S. The number of alkyl halides is 3. The molecule has 0 spiro atoms. The molecule has 1 rings (SSSR count). The standard InChI is InChI=1S/C19H34F3NO3S/c1-5-6-12-26-17(24)15(13-14-10-8-7-9-11-14)16(19(20,21)22)23-27(25)18(2,3)4/h14-16,23H,5-13H2,1-4H3/t15-,16-,27-/m0/s1. The molecule has 1 N–H and O–H groups in total. The molecule has 0 aliphatic heterocycles. The zero-order chi connectivity index (χ0) is 20.7. The molecule has 0 unspecified atom stereocenters. The number of ether oxygens (including phenoxy) is 1. The van der Waals surface area contributed by atoms with Crippen LogP contribution in [-0.2, 0) is 20.5 Å². The Morgan fingerprint density at radius 3 is 2.26 bits per heavy atom. The van der Waals surface area contributed by atoms with Gasteiger partial charge in [-0.15, -0.1) is 0 Å². The minimum Gasteiger partial charge on any atom is -0.465 e. The zero-order valence-electron chi connectivity index (χ0n) is 16.9. The Balaban J connectivity index is 3.03. The van der Waals surface area contributed by atoms with Gasteiger partial charge in [-0.2, -0.15) is 13.2 Å². The largest absolute Gasteiger partial charge is 0.465 e. The van der Waals surface area contributed by atoms with Gasteiger partial charge >= 0.3 is 12.1 Å². The lowest BCUT2D eigenvalue weighted by Gasteiger charge is -2.33. The van der Waals surface area contributed by atoms with E-state index >= 15 is 0 Å². The highest BCUT2D eigenvalue weighted by Crippen LogP contribution is 2.36. The van der Waals surface area contributed by atoms with Gasteiger partial charge in [-0.05, 0) is 39.5 Å². The molecular weight excluding hydrogens is 379 g/mol. The summed E-state index contributed by atoms with van der Waals surface area (Å²) in [7, 11) is -1.94. The van der Waals surface area contributed by atoms with Crippen molar-refractivity contribution in [2.24, 2.45) is 11.8 Å². The third-order valence-electron chi connectivity index (χ3n) is 4.90. The lowest BCUT2D eigenvalue weighted by Crippen LogP contribution is -2.54. The van der Waals surface area contributed by atoms with Crippen LogP contribution in [0.15, 0.2) is 0 Å². The maximum atomic E-state index is 13.8. The molecule has 1 fully saturated rings. The van der Waals surface area contributed by atoms with Crippen molar-refractivity contribution in [2.45, 2.75) is 96.0 Å². The maximum absolute atomic E-state index is 13.8. The summed E-state index contributed by atoms with van der Waals surface area (Å²) in [5.74, 6) is -2.15. The van der Waals surface area contributed by atoms with E-state index < -0.39 is 39.8 Å². The van der Waals surface area contributed by atoms with Crippen LogP contribution in [0.3, 0.4) is 0 Å². The molecule has 3 atom stereocenters. The number of halogens is 3. The summed E-state index contributed by atoms with van der Waals surface area (Å²) >= 11 is 0. The number of carbonyl (C=O) groups excluding carboxylic acids is 1. The van der Waals surface area contributed by atoms with Crippen molar-refractivity contribution in [2.75, 3.05) is 6.61 Å². The second kappa shape index (κ2) is 10.8. The Kier molecular flexibility index (Phi) is 9.75. The van der Waals surface area contributed by atoms with Crippen molar-refractivity contribution >= 4 is 17.0 Å². The molecule has 8 heteroatoms. The minimum absolute atomic E-state index is 0.0668. The van der Waals surface area contributed by atoms with Gasteiger partial charge in [-0.1, -0.05) is 45.4 Å². The fraction of sp³-hybridized carbons (Fsp3) is 0.947. The summed E-state index contributed by atoms with van der Waals surface area (Å²) in [6.45, 7) is 6.82. The van der Waals surface area contributed by atoms with Gasteiger partial charge in [0.15, 0.2) is 0 Å². The predicted molar refractivity (Wildman–Crippen MR) is 101 cm³/mol. The maximum Gasteiger partial charge on any atom is 0.405 e. The number of hydrogen-bond donors (Lipinski definition) is 1. The van der Waals surface area contributed by atoms with E-state index in [2.05, 4.69) is 4.72 Å². The van der Waals surface area contributed by atoms with Crippen LogP contribution in [0.2, 0.25) is 0 Å². The van der Waals surface area contributed by atoms with E-state index in [1.54, 1.807) is 20.8 Å². The highest BCUT2D eigenvalue weighted by molar-refractivity contribution is 7.84. The summed E-state index contributed by atoms with van der Waals surface area (Å²) in [4.78, 5) is 12.5. The van der Waals surface area contributed by atoms with Gasteiger partial charge in [-0.25, -0.2) is 8.93 Å². The van der Waals surface area contributed by atoms with E-state index in [9.17, 15) is 22.2 Å². The van der Waals surface area contributed by atoms with E-state index in [1.165, 1.54) is 0 Å². The normalized spacial score (nSPS) is 20.1. The SMILES string of the molecule is CCCCOC(=O)[C@@H](CC1CCCCC1)[C@H](N[S@@](=O)C(C)(C)C)C(F)(F)F. The Morgan fingerprint density at radius 2 is 1.78 bits per heavy atom. The molecule has 0 radical (unpaired) electrons. The van der Waals surface area contributed by atoms with Crippen molar-refractivity contribution in [3.8, 4) is 0 Å². The molecule has 160 valence electrons. The summed E-state index contributed by atoms with van der Waals surface area (Å²) in [6, 6.07) is -2.17. The van der Waals surface area contributed by atoms with Gasteiger partial charge < -0.3 is 4.74 Å². The molecule has 0 heterocycles. The monoisotopic (exact) mass is 413 g/mol. The molecule has 27 heavy (non-hydrogen) atoms. The molecule has 1 aliphatic rings. The molecule has 0 aromatic heterocycles. The first kappa shape index (κ1) is 24.4. The molecule has 0 saturated heterocycles. The molecule has 1 aliphatic carbocycles. The molecule has 1 saturated carbocycles. The van der Waals surface area contributed by atoms with E-state index in [0.29, 0.717) is 6.42 Å². The van der Waals surface area contributed by atoms with Crippen LogP contribution in [0.5, 0.6) is 0 Å². The number of hydrogen-bond acceptors (Lipinski definition) is 3. The minimum atomic E-state index is -4.69. The first-order valence-electron chi connectivity index (χ1n) is 9.88. The fourth-order valence-electron chi connectivity index (χ4n) is 3.24. The number of unbranched alkanes of at least 4 members (excludes halogenated alkanes) is 1. The number of esters is 1. The van der Waals surface area contributed by atoms with Crippen LogP contribution < -0.4 is 4.72 Å². The zero-order valence-corrected chi connectivity index (χ0v) is 17.7. The summed E-state index contributed by atoms with van der Waals surface area (Å²) < 4.78 is 60.3. The lowest BCUT2D eigenvalue weighted by molar-refractivity contribution is -0.180. The average Bonchev–Trinajstić information content (AvgIpc) is 2.57. The summed E-state index contributed by atoms with van der Waals surface area (Å²) in [6.07, 6.45) is 1.50. The van der Waals surface area contributed by atoms with Crippen LogP contribution in [-0.4, -0.2) is 33.8 Å². The smallest absolute Gasteiger partial charge is 0.405 e. The molecule has 4 nitrogen and oxygen atoms in total. The first-order valence-corrected chi connectivity index (χ1v) is 11.0. The van der Waals surface area contributed by atoms with Gasteiger partial charge in [0.1, 0.15) is 6.04 Å². The predicted octanol–water partition coefficient (Wildman–Crippen LogP) is 4.90. The quantitative estimate of drug-likeness (QED) is 0.432. The Morgan fingerprint density at radius 1 is 1.19 bits per heavy atom. The molecule has 0 aromatic rings. The molecule has 0 amide bonds. The topological polar surface area (TPSA) is 55.4 Å². The van der Waals surface area contributed by atoms with Crippen LogP contribution >= 0.6 is 0 Å². The third kappa shape index (κ3) is 8.50. The number of nitrogens with one attached hydrogen (secondary N) is 1. The summed E-state index contributed by atoms with van der Waals surface area (Å²) in [5.41, 5.74) is 0. The third-order valence-corrected chi connectivity index (χ3v) is 6.48. The van der Waals surface area contributed by atoms with E-state index in [1.807, 2.05) is 6.92 Å². The van der Waals surface area contributed by atoms with Crippen molar-refractivity contribution in [3.63, 3.8) is 0 Å². The molecule has 0 aromatic carbocycles. The van der Waals surface area contributed by atoms with Gasteiger partial charge in [0.2, 0.25) is 0 Å². The van der Waals surface area contributed by atoms with Crippen molar-refractivity contribution in [3.05, 3.63) is 0 Å². The second-order valence-corrected chi connectivity index (χ2v) is 10.4. The van der Waals surface area contributed by atoms with Crippen molar-refractivity contribution < 1.29 is 26.9 Å². The lowest BCUT2D eigenvalue weighted by atomic mass is 9.80. The number of carbonyl (C=O) groups is 1. The van der Waals surface area contributed by atoms with Crippen LogP contribution in [0.4, 0.5) is 13.2 Å². The highest BCUT2D eigenvalue weighted by atomic mass is 32.2. The second-order valence-electron chi connectivity index (χ2n) is 8.39. The summed E-state index contributed by atoms with van der Waals surface area (Å²) in [5, 5.41) is 0. The van der Waals surface area contributed by atoms with Gasteiger partial charge in [0, 0.05) is 0 Å². The van der Waals surface area contributed by atoms with Crippen molar-refractivity contribution in [1.29, 1.82) is 0 Å². The van der Waals surface area contributed by atoms with Gasteiger partial charge in [-0.3, -0.25) is 4.79 Å². The van der Waals surface area contributed by atoms with E-state index in [0.717, 1.165) is 38.5 Å². The van der Waals surface area contributed by atoms with Crippen molar-refractivity contribution in [1.82, 2.24) is 4.72 Å². The van der Waals surface area contributed by atoms with E-state index in [4.69, 9.17) is 4.74 Å². The molecule has 0 bridgehead atoms. The van der Waals surface area contributed by atoms with Crippen LogP contribution in [0.25, 0.3) is 0 Å².